The second-order valence-electron chi connectivity index (χ2n) is 5.55. The van der Waals surface area contributed by atoms with Gasteiger partial charge >= 0.3 is 0 Å². The number of benzene rings is 1. The van der Waals surface area contributed by atoms with Crippen LogP contribution in [-0.4, -0.2) is 51.1 Å². The molecule has 0 aromatic heterocycles. The minimum absolute atomic E-state index is 0.109. The Bertz CT molecular complexity index is 487. The molecule has 5 heteroatoms. The first-order valence-electron chi connectivity index (χ1n) is 6.96. The van der Waals surface area contributed by atoms with Gasteiger partial charge in [0.1, 0.15) is 11.6 Å². The normalized spacial score (nSPS) is 18.6. The number of nitrogen functional groups attached to an aromatic ring is 1. The number of nitrogens with two attached hydrogens (primary N) is 1. The number of likely N-dealkylation sites (N-methyl/N-ethyl adjacent to an activating group) is 1. The topological polar surface area (TPSA) is 65.6 Å². The van der Waals surface area contributed by atoms with Crippen LogP contribution in [0, 0.1) is 5.41 Å². The third-order valence-corrected chi connectivity index (χ3v) is 3.76. The molecule has 1 unspecified atom stereocenters. The first-order chi connectivity index (χ1) is 9.52. The van der Waals surface area contributed by atoms with Crippen LogP contribution in [0.4, 0.5) is 5.69 Å². The van der Waals surface area contributed by atoms with Gasteiger partial charge < -0.3 is 20.3 Å². The van der Waals surface area contributed by atoms with Crippen molar-refractivity contribution >= 4 is 11.5 Å². The average Bonchev–Trinajstić information content (AvgIpc) is 2.85. The maximum absolute atomic E-state index is 7.78. The van der Waals surface area contributed by atoms with Gasteiger partial charge in [-0.25, -0.2) is 0 Å². The highest BCUT2D eigenvalue weighted by Gasteiger charge is 2.27. The number of nitrogens with zero attached hydrogens (tertiary/aromatic N) is 2. The van der Waals surface area contributed by atoms with Crippen molar-refractivity contribution in [1.29, 1.82) is 5.41 Å². The van der Waals surface area contributed by atoms with Crippen molar-refractivity contribution in [2.45, 2.75) is 18.9 Å². The van der Waals surface area contributed by atoms with Gasteiger partial charge in [-0.15, -0.1) is 0 Å². The molecule has 2 rings (SSSR count). The smallest absolute Gasteiger partial charge is 0.124 e. The minimum atomic E-state index is 0.109. The molecule has 0 radical (unpaired) electrons. The number of ether oxygens (including phenoxy) is 1. The zero-order valence-electron chi connectivity index (χ0n) is 12.5. The van der Waals surface area contributed by atoms with Crippen LogP contribution in [0.2, 0.25) is 0 Å². The van der Waals surface area contributed by atoms with Crippen molar-refractivity contribution in [3.05, 3.63) is 23.8 Å². The molecule has 0 spiro atoms. The van der Waals surface area contributed by atoms with Crippen LogP contribution in [-0.2, 0) is 0 Å². The molecular weight excluding hydrogens is 252 g/mol. The van der Waals surface area contributed by atoms with E-state index in [9.17, 15) is 0 Å². The summed E-state index contributed by atoms with van der Waals surface area (Å²) in [5.41, 5.74) is 7.53. The Morgan fingerprint density at radius 3 is 2.85 bits per heavy atom. The highest BCUT2D eigenvalue weighted by Crippen LogP contribution is 2.32. The molecule has 0 amide bonds. The van der Waals surface area contributed by atoms with E-state index in [1.807, 2.05) is 18.2 Å². The summed E-state index contributed by atoms with van der Waals surface area (Å²) in [4.78, 5) is 4.57. The number of hydrogen-bond donors (Lipinski definition) is 2. The molecule has 1 aliphatic heterocycles. The molecule has 1 aromatic rings. The Hall–Kier alpha value is -1.75. The predicted molar refractivity (Wildman–Crippen MR) is 82.9 cm³/mol. The van der Waals surface area contributed by atoms with Crippen LogP contribution in [0.1, 0.15) is 18.4 Å². The van der Waals surface area contributed by atoms with E-state index in [2.05, 4.69) is 23.9 Å². The molecule has 5 nitrogen and oxygen atoms in total. The molecule has 110 valence electrons. The molecule has 1 fully saturated rings. The molecule has 1 saturated heterocycles. The monoisotopic (exact) mass is 276 g/mol. The van der Waals surface area contributed by atoms with Crippen molar-refractivity contribution in [2.24, 2.45) is 5.73 Å². The van der Waals surface area contributed by atoms with E-state index in [1.54, 1.807) is 7.11 Å². The van der Waals surface area contributed by atoms with Gasteiger partial charge in [0.15, 0.2) is 0 Å². The van der Waals surface area contributed by atoms with Crippen molar-refractivity contribution < 1.29 is 4.74 Å². The fourth-order valence-corrected chi connectivity index (χ4v) is 2.87. The van der Waals surface area contributed by atoms with E-state index in [1.165, 1.54) is 12.8 Å². The summed E-state index contributed by atoms with van der Waals surface area (Å²) in [7, 11) is 5.84. The number of rotatable bonds is 5. The van der Waals surface area contributed by atoms with E-state index in [4.69, 9.17) is 15.9 Å². The Morgan fingerprint density at radius 2 is 2.25 bits per heavy atom. The molecule has 1 aromatic carbocycles. The average molecular weight is 276 g/mol. The lowest BCUT2D eigenvalue weighted by atomic mass is 10.1. The molecule has 1 heterocycles. The largest absolute Gasteiger partial charge is 0.497 e. The molecule has 0 bridgehead atoms. The van der Waals surface area contributed by atoms with Crippen molar-refractivity contribution in [3.63, 3.8) is 0 Å². The summed E-state index contributed by atoms with van der Waals surface area (Å²) in [5, 5.41) is 7.78. The zero-order valence-corrected chi connectivity index (χ0v) is 12.5. The Kier molecular flexibility index (Phi) is 4.49. The van der Waals surface area contributed by atoms with E-state index in [0.29, 0.717) is 6.04 Å². The summed E-state index contributed by atoms with van der Waals surface area (Å²) in [6, 6.07) is 6.19. The summed E-state index contributed by atoms with van der Waals surface area (Å²) >= 11 is 0. The van der Waals surface area contributed by atoms with Crippen molar-refractivity contribution in [1.82, 2.24) is 4.90 Å². The van der Waals surface area contributed by atoms with Crippen LogP contribution in [0.3, 0.4) is 0 Å². The highest BCUT2D eigenvalue weighted by molar-refractivity contribution is 6.00. The lowest BCUT2D eigenvalue weighted by Crippen LogP contribution is -2.38. The maximum atomic E-state index is 7.78. The van der Waals surface area contributed by atoms with Crippen LogP contribution < -0.4 is 15.4 Å². The van der Waals surface area contributed by atoms with Crippen molar-refractivity contribution in [3.8, 4) is 5.75 Å². The van der Waals surface area contributed by atoms with Gasteiger partial charge in [-0.3, -0.25) is 5.41 Å². The molecule has 1 aliphatic rings. The highest BCUT2D eigenvalue weighted by atomic mass is 16.5. The summed E-state index contributed by atoms with van der Waals surface area (Å²) in [6.07, 6.45) is 2.35. The Balaban J connectivity index is 2.36. The maximum Gasteiger partial charge on any atom is 0.124 e. The molecule has 0 saturated carbocycles. The standard InChI is InChI=1S/C15H24N4O/c1-18(2)10-11-5-4-8-19(11)14-9-12(20-3)6-7-13(14)15(16)17/h6-7,9,11H,4-5,8,10H2,1-3H3,(H3,16,17). The third kappa shape index (κ3) is 3.04. The third-order valence-electron chi connectivity index (χ3n) is 3.76. The first-order valence-corrected chi connectivity index (χ1v) is 6.96. The minimum Gasteiger partial charge on any atom is -0.497 e. The van der Waals surface area contributed by atoms with Gasteiger partial charge in [-0.1, -0.05) is 0 Å². The van der Waals surface area contributed by atoms with Gasteiger partial charge in [0.05, 0.1) is 12.8 Å². The number of anilines is 1. The fraction of sp³-hybridized carbons (Fsp3) is 0.533. The molecular formula is C15H24N4O. The summed E-state index contributed by atoms with van der Waals surface area (Å²) < 4.78 is 5.32. The second-order valence-corrected chi connectivity index (χ2v) is 5.55. The first kappa shape index (κ1) is 14.7. The number of nitrogens with one attached hydrogen (secondary N) is 1. The van der Waals surface area contributed by atoms with E-state index >= 15 is 0 Å². The predicted octanol–water partition coefficient (Wildman–Crippen LogP) is 1.51. The Labute approximate surface area is 120 Å². The van der Waals surface area contributed by atoms with E-state index < -0.39 is 0 Å². The quantitative estimate of drug-likeness (QED) is 0.632. The molecule has 1 atom stereocenters. The lowest BCUT2D eigenvalue weighted by molar-refractivity contribution is 0.372. The molecule has 3 N–H and O–H groups in total. The lowest BCUT2D eigenvalue weighted by Gasteiger charge is -2.30. The summed E-state index contributed by atoms with van der Waals surface area (Å²) in [5.74, 6) is 0.915. The fourth-order valence-electron chi connectivity index (χ4n) is 2.87. The van der Waals surface area contributed by atoms with E-state index in [-0.39, 0.29) is 5.84 Å². The van der Waals surface area contributed by atoms with Crippen LogP contribution >= 0.6 is 0 Å². The van der Waals surface area contributed by atoms with E-state index in [0.717, 1.165) is 30.1 Å². The SMILES string of the molecule is COc1ccc(C(=N)N)c(N2CCCC2CN(C)C)c1. The number of methoxy groups -OCH3 is 1. The van der Waals surface area contributed by atoms with Gasteiger partial charge in [-0.2, -0.15) is 0 Å². The number of hydrogen-bond acceptors (Lipinski definition) is 4. The number of amidine groups is 1. The van der Waals surface area contributed by atoms with Gasteiger partial charge in [0.25, 0.3) is 0 Å². The van der Waals surface area contributed by atoms with Crippen LogP contribution in [0.15, 0.2) is 18.2 Å². The second kappa shape index (κ2) is 6.13. The van der Waals surface area contributed by atoms with Gasteiger partial charge in [0.2, 0.25) is 0 Å². The molecule has 20 heavy (non-hydrogen) atoms. The van der Waals surface area contributed by atoms with Crippen LogP contribution in [0.25, 0.3) is 0 Å². The zero-order chi connectivity index (χ0) is 14.7. The van der Waals surface area contributed by atoms with Crippen LogP contribution in [0.5, 0.6) is 5.75 Å². The Morgan fingerprint density at radius 1 is 1.50 bits per heavy atom. The van der Waals surface area contributed by atoms with Gasteiger partial charge in [0, 0.05) is 30.8 Å². The van der Waals surface area contributed by atoms with Crippen molar-refractivity contribution in [2.75, 3.05) is 39.2 Å². The van der Waals surface area contributed by atoms with Gasteiger partial charge in [-0.05, 0) is 39.1 Å². The summed E-state index contributed by atoms with van der Waals surface area (Å²) in [6.45, 7) is 2.01. The molecule has 0 aliphatic carbocycles.